The number of nitrogens with one attached hydrogen (secondary N) is 1. The van der Waals surface area contributed by atoms with E-state index in [1.807, 2.05) is 0 Å². The van der Waals surface area contributed by atoms with Crippen molar-refractivity contribution in [3.63, 3.8) is 0 Å². The Kier molecular flexibility index (Phi) is 6.17. The van der Waals surface area contributed by atoms with Crippen LogP contribution in [0.1, 0.15) is 21.5 Å². The summed E-state index contributed by atoms with van der Waals surface area (Å²) >= 11 is 6.24. The number of pyridine rings is 1. The number of benzene rings is 2. The highest BCUT2D eigenvalue weighted by molar-refractivity contribution is 6.32. The van der Waals surface area contributed by atoms with Crippen LogP contribution in [0.5, 0.6) is 5.75 Å². The first-order chi connectivity index (χ1) is 13.9. The molecule has 2 N–H and O–H groups in total. The van der Waals surface area contributed by atoms with Crippen LogP contribution in [0.2, 0.25) is 5.02 Å². The number of carboxylic acids is 1. The predicted octanol–water partition coefficient (Wildman–Crippen LogP) is 4.58. The van der Waals surface area contributed by atoms with Crippen LogP contribution in [0.25, 0.3) is 22.0 Å². The molecule has 0 bridgehead atoms. The number of carboxylic acid groups (broad SMARTS) is 1. The van der Waals surface area contributed by atoms with Crippen molar-refractivity contribution in [3.05, 3.63) is 62.4 Å². The molecule has 0 atom stereocenters. The summed E-state index contributed by atoms with van der Waals surface area (Å²) in [5.41, 5.74) is 1.30. The molecule has 1 aromatic heterocycles. The fourth-order valence-corrected chi connectivity index (χ4v) is 3.74. The van der Waals surface area contributed by atoms with Gasteiger partial charge in [0.1, 0.15) is 11.3 Å². The van der Waals surface area contributed by atoms with Crippen molar-refractivity contribution in [2.45, 2.75) is 12.8 Å². The van der Waals surface area contributed by atoms with Crippen LogP contribution in [-0.4, -0.2) is 36.5 Å². The lowest BCUT2D eigenvalue weighted by Gasteiger charge is -2.18. The number of alkyl halides is 2. The van der Waals surface area contributed by atoms with Gasteiger partial charge in [-0.25, -0.2) is 4.79 Å². The quantitative estimate of drug-likeness (QED) is 0.585. The van der Waals surface area contributed by atoms with Crippen LogP contribution in [0.4, 0.5) is 8.78 Å². The maximum absolute atomic E-state index is 13.4. The average molecular weight is 422 g/mol. The van der Waals surface area contributed by atoms with Crippen LogP contribution < -0.4 is 10.2 Å². The summed E-state index contributed by atoms with van der Waals surface area (Å²) in [4.78, 5) is 26.8. The van der Waals surface area contributed by atoms with Gasteiger partial charge in [-0.1, -0.05) is 17.7 Å². The van der Waals surface area contributed by atoms with Gasteiger partial charge in [0.25, 0.3) is 0 Å². The minimum atomic E-state index is -1.38. The first-order valence-electron chi connectivity index (χ1n) is 8.82. The first kappa shape index (κ1) is 20.8. The van der Waals surface area contributed by atoms with Crippen molar-refractivity contribution in [3.8, 4) is 16.9 Å². The summed E-state index contributed by atoms with van der Waals surface area (Å²) in [6.45, 7) is -1.41. The molecular formula is C21H18ClF2NO4. The third-order valence-electron chi connectivity index (χ3n) is 4.74. The number of fused-ring (bicyclic) bond motifs is 1. The molecule has 0 radical (unpaired) electrons. The smallest absolute Gasteiger partial charge is 0.341 e. The SMILES string of the molecule is COc1ccc(-c2c(CCF)cc3c(=O)c(C(=O)O)c[nH]c3c2CCF)cc1Cl. The van der Waals surface area contributed by atoms with E-state index in [1.165, 1.54) is 13.2 Å². The Morgan fingerprint density at radius 1 is 1.21 bits per heavy atom. The number of carbonyl (C=O) groups is 1. The maximum atomic E-state index is 13.4. The fraction of sp³-hybridized carbons (Fsp3) is 0.238. The largest absolute Gasteiger partial charge is 0.495 e. The number of ether oxygens (including phenoxy) is 1. The highest BCUT2D eigenvalue weighted by Crippen LogP contribution is 2.37. The molecule has 3 rings (SSSR count). The molecule has 0 unspecified atom stereocenters. The molecule has 5 nitrogen and oxygen atoms in total. The standard InChI is InChI=1S/C21H18ClF2NO4/c1-29-17-3-2-11(9-16(17)22)18-12(4-6-23)8-14-19(13(18)5-7-24)25-10-15(20(14)26)21(27)28/h2-3,8-10H,4-7H2,1H3,(H,25,26)(H,27,28). The molecular weight excluding hydrogens is 404 g/mol. The molecule has 0 aliphatic carbocycles. The molecule has 0 saturated carbocycles. The van der Waals surface area contributed by atoms with E-state index >= 15 is 0 Å². The lowest BCUT2D eigenvalue weighted by Crippen LogP contribution is -2.17. The number of aromatic carboxylic acids is 1. The molecule has 3 aromatic rings. The first-order valence-corrected chi connectivity index (χ1v) is 9.20. The van der Waals surface area contributed by atoms with Gasteiger partial charge < -0.3 is 14.8 Å². The summed E-state index contributed by atoms with van der Waals surface area (Å²) < 4.78 is 31.9. The number of methoxy groups -OCH3 is 1. The maximum Gasteiger partial charge on any atom is 0.341 e. The van der Waals surface area contributed by atoms with Crippen LogP contribution in [0.3, 0.4) is 0 Å². The molecule has 0 fully saturated rings. The van der Waals surface area contributed by atoms with Gasteiger partial charge in [-0.15, -0.1) is 0 Å². The summed E-state index contributed by atoms with van der Waals surface area (Å²) in [6.07, 6.45) is 1.03. The van der Waals surface area contributed by atoms with Gasteiger partial charge in [0.15, 0.2) is 0 Å². The number of rotatable bonds is 7. The zero-order valence-corrected chi connectivity index (χ0v) is 16.3. The molecule has 0 aliphatic rings. The third-order valence-corrected chi connectivity index (χ3v) is 5.04. The Morgan fingerprint density at radius 3 is 2.52 bits per heavy atom. The van der Waals surface area contributed by atoms with E-state index in [2.05, 4.69) is 4.98 Å². The van der Waals surface area contributed by atoms with Crippen LogP contribution in [0.15, 0.2) is 35.3 Å². The van der Waals surface area contributed by atoms with E-state index < -0.39 is 30.3 Å². The summed E-state index contributed by atoms with van der Waals surface area (Å²) in [5.74, 6) is -0.923. The Bertz CT molecular complexity index is 1140. The summed E-state index contributed by atoms with van der Waals surface area (Å²) in [7, 11) is 1.48. The van der Waals surface area contributed by atoms with Gasteiger partial charge in [0.05, 0.1) is 31.0 Å². The molecule has 0 amide bonds. The molecule has 152 valence electrons. The molecule has 1 heterocycles. The van der Waals surface area contributed by atoms with E-state index in [4.69, 9.17) is 16.3 Å². The van der Waals surface area contributed by atoms with Crippen LogP contribution >= 0.6 is 11.6 Å². The number of hydrogen-bond donors (Lipinski definition) is 2. The topological polar surface area (TPSA) is 79.4 Å². The van der Waals surface area contributed by atoms with E-state index in [9.17, 15) is 23.5 Å². The van der Waals surface area contributed by atoms with Gasteiger partial charge in [0, 0.05) is 24.4 Å². The number of halogens is 3. The van der Waals surface area contributed by atoms with Gasteiger partial charge in [-0.05, 0) is 40.5 Å². The van der Waals surface area contributed by atoms with Gasteiger partial charge in [-0.3, -0.25) is 13.6 Å². The number of aromatic nitrogens is 1. The van der Waals surface area contributed by atoms with Crippen molar-refractivity contribution in [2.75, 3.05) is 20.5 Å². The zero-order chi connectivity index (χ0) is 21.1. The third kappa shape index (κ3) is 3.82. The summed E-state index contributed by atoms with van der Waals surface area (Å²) in [5, 5.41) is 9.63. The van der Waals surface area contributed by atoms with Crippen molar-refractivity contribution >= 4 is 28.5 Å². The highest BCUT2D eigenvalue weighted by Gasteiger charge is 2.20. The van der Waals surface area contributed by atoms with Gasteiger partial charge in [-0.2, -0.15) is 0 Å². The van der Waals surface area contributed by atoms with Crippen molar-refractivity contribution in [2.24, 2.45) is 0 Å². The predicted molar refractivity (Wildman–Crippen MR) is 108 cm³/mol. The Morgan fingerprint density at radius 2 is 1.93 bits per heavy atom. The monoisotopic (exact) mass is 421 g/mol. The van der Waals surface area contributed by atoms with E-state index in [-0.39, 0.29) is 18.2 Å². The Labute approximate surface area is 169 Å². The van der Waals surface area contributed by atoms with E-state index in [0.717, 1.165) is 6.20 Å². The van der Waals surface area contributed by atoms with Gasteiger partial charge in [0.2, 0.25) is 5.43 Å². The minimum Gasteiger partial charge on any atom is -0.495 e. The Hall–Kier alpha value is -2.93. The van der Waals surface area contributed by atoms with Crippen LogP contribution in [-0.2, 0) is 12.8 Å². The van der Waals surface area contributed by atoms with Gasteiger partial charge >= 0.3 is 5.97 Å². The second-order valence-corrected chi connectivity index (χ2v) is 6.78. The van der Waals surface area contributed by atoms with Crippen molar-refractivity contribution < 1.29 is 23.4 Å². The van der Waals surface area contributed by atoms with Crippen molar-refractivity contribution in [1.82, 2.24) is 4.98 Å². The molecule has 8 heteroatoms. The molecule has 0 spiro atoms. The van der Waals surface area contributed by atoms with Crippen LogP contribution in [0, 0.1) is 0 Å². The van der Waals surface area contributed by atoms with E-state index in [1.54, 1.807) is 18.2 Å². The Balaban J connectivity index is 2.41. The normalized spacial score (nSPS) is 11.0. The molecule has 2 aromatic carbocycles. The second-order valence-electron chi connectivity index (χ2n) is 6.38. The number of hydrogen-bond acceptors (Lipinski definition) is 3. The number of H-pyrrole nitrogens is 1. The number of aryl methyl sites for hydroxylation is 2. The lowest BCUT2D eigenvalue weighted by molar-refractivity contribution is 0.0695. The molecule has 0 saturated heterocycles. The number of aromatic amines is 1. The minimum absolute atomic E-state index is 0.0229. The average Bonchev–Trinajstić information content (AvgIpc) is 2.69. The van der Waals surface area contributed by atoms with E-state index in [0.29, 0.717) is 38.5 Å². The zero-order valence-electron chi connectivity index (χ0n) is 15.5. The second kappa shape index (κ2) is 8.61. The van der Waals surface area contributed by atoms with Crippen molar-refractivity contribution in [1.29, 1.82) is 0 Å². The lowest BCUT2D eigenvalue weighted by atomic mass is 9.88. The fourth-order valence-electron chi connectivity index (χ4n) is 3.48. The highest BCUT2D eigenvalue weighted by atomic mass is 35.5. The summed E-state index contributed by atoms with van der Waals surface area (Å²) in [6, 6.07) is 6.47. The molecule has 0 aliphatic heterocycles. The molecule has 29 heavy (non-hydrogen) atoms.